The minimum absolute atomic E-state index is 0.0402. The summed E-state index contributed by atoms with van der Waals surface area (Å²) in [5.74, 6) is 0.157. The van der Waals surface area contributed by atoms with E-state index in [0.717, 1.165) is 22.3 Å². The van der Waals surface area contributed by atoms with Crippen LogP contribution in [0.4, 0.5) is 20.7 Å². The number of urea groups is 1. The van der Waals surface area contributed by atoms with Gasteiger partial charge in [0.15, 0.2) is 0 Å². The van der Waals surface area contributed by atoms with Crippen molar-refractivity contribution in [2.45, 2.75) is 25.7 Å². The maximum Gasteiger partial charge on any atom is 0.331 e. The summed E-state index contributed by atoms with van der Waals surface area (Å²) in [4.78, 5) is 47.5. The topological polar surface area (TPSA) is 77.1 Å². The van der Waals surface area contributed by atoms with Gasteiger partial charge in [0, 0.05) is 45.1 Å². The SMILES string of the molecule is Cc1cc(C2CC2)cnc1N1CCN(C(=O)c2ccc(N3CC(=O)N(C)C3=O)cc2F)CC1. The molecule has 2 aliphatic heterocycles. The highest BCUT2D eigenvalue weighted by Crippen LogP contribution is 2.40. The van der Waals surface area contributed by atoms with Gasteiger partial charge in [0.2, 0.25) is 5.91 Å². The molecule has 0 radical (unpaired) electrons. The van der Waals surface area contributed by atoms with Crippen LogP contribution in [0.5, 0.6) is 0 Å². The molecule has 2 saturated heterocycles. The third-order valence-electron chi connectivity index (χ3n) is 6.67. The van der Waals surface area contributed by atoms with Crippen LogP contribution in [0.15, 0.2) is 30.5 Å². The monoisotopic (exact) mass is 451 g/mol. The van der Waals surface area contributed by atoms with Crippen LogP contribution in [-0.2, 0) is 4.79 Å². The van der Waals surface area contributed by atoms with Crippen molar-refractivity contribution in [1.29, 1.82) is 0 Å². The third-order valence-corrected chi connectivity index (χ3v) is 6.67. The zero-order chi connectivity index (χ0) is 23.3. The Morgan fingerprint density at radius 3 is 2.39 bits per heavy atom. The van der Waals surface area contributed by atoms with Crippen molar-refractivity contribution in [2.24, 2.45) is 0 Å². The molecule has 2 aromatic rings. The zero-order valence-corrected chi connectivity index (χ0v) is 18.8. The first-order chi connectivity index (χ1) is 15.8. The lowest BCUT2D eigenvalue weighted by atomic mass is 10.1. The van der Waals surface area contributed by atoms with Gasteiger partial charge >= 0.3 is 6.03 Å². The van der Waals surface area contributed by atoms with Gasteiger partial charge in [-0.05, 0) is 55.0 Å². The largest absolute Gasteiger partial charge is 0.353 e. The van der Waals surface area contributed by atoms with E-state index < -0.39 is 11.8 Å². The molecule has 33 heavy (non-hydrogen) atoms. The highest BCUT2D eigenvalue weighted by molar-refractivity contribution is 6.12. The molecule has 9 heteroatoms. The van der Waals surface area contributed by atoms with Gasteiger partial charge in [0.25, 0.3) is 5.91 Å². The number of hydrogen-bond donors (Lipinski definition) is 0. The second-order valence-electron chi connectivity index (χ2n) is 8.95. The number of carbonyl (C=O) groups excluding carboxylic acids is 3. The summed E-state index contributed by atoms with van der Waals surface area (Å²) in [7, 11) is 1.39. The minimum atomic E-state index is -0.706. The summed E-state index contributed by atoms with van der Waals surface area (Å²) in [6.45, 7) is 4.11. The number of halogens is 1. The second-order valence-corrected chi connectivity index (χ2v) is 8.95. The molecule has 5 rings (SSSR count). The zero-order valence-electron chi connectivity index (χ0n) is 18.8. The smallest absolute Gasteiger partial charge is 0.331 e. The van der Waals surface area contributed by atoms with E-state index in [0.29, 0.717) is 32.1 Å². The Bertz CT molecular complexity index is 1140. The van der Waals surface area contributed by atoms with Crippen LogP contribution >= 0.6 is 0 Å². The predicted molar refractivity (Wildman–Crippen MR) is 121 cm³/mol. The van der Waals surface area contributed by atoms with E-state index >= 15 is 0 Å². The number of nitrogens with zero attached hydrogens (tertiary/aromatic N) is 5. The average molecular weight is 452 g/mol. The third kappa shape index (κ3) is 3.92. The fourth-order valence-corrected chi connectivity index (χ4v) is 4.50. The molecule has 0 spiro atoms. The van der Waals surface area contributed by atoms with Crippen molar-refractivity contribution in [3.8, 4) is 0 Å². The lowest BCUT2D eigenvalue weighted by Crippen LogP contribution is -2.49. The number of carbonyl (C=O) groups is 3. The van der Waals surface area contributed by atoms with E-state index in [-0.39, 0.29) is 29.6 Å². The molecule has 1 saturated carbocycles. The summed E-state index contributed by atoms with van der Waals surface area (Å²) < 4.78 is 14.8. The van der Waals surface area contributed by atoms with Crippen LogP contribution in [0, 0.1) is 12.7 Å². The van der Waals surface area contributed by atoms with E-state index in [2.05, 4.69) is 22.9 Å². The Hall–Kier alpha value is -3.49. The molecule has 1 aromatic carbocycles. The number of aromatic nitrogens is 1. The van der Waals surface area contributed by atoms with Gasteiger partial charge in [-0.15, -0.1) is 0 Å². The lowest BCUT2D eigenvalue weighted by molar-refractivity contribution is -0.123. The molecule has 0 bridgehead atoms. The Balaban J connectivity index is 1.25. The van der Waals surface area contributed by atoms with Crippen LogP contribution < -0.4 is 9.80 Å². The molecule has 4 amide bonds. The van der Waals surface area contributed by atoms with Crippen LogP contribution in [0.1, 0.15) is 40.2 Å². The quantitative estimate of drug-likeness (QED) is 0.668. The van der Waals surface area contributed by atoms with E-state index in [1.54, 1.807) is 4.90 Å². The number of piperazine rings is 1. The maximum atomic E-state index is 14.8. The number of aryl methyl sites for hydroxylation is 1. The van der Waals surface area contributed by atoms with Gasteiger partial charge in [-0.1, -0.05) is 6.07 Å². The molecule has 0 atom stereocenters. The van der Waals surface area contributed by atoms with Gasteiger partial charge in [0.05, 0.1) is 5.56 Å². The molecule has 3 fully saturated rings. The highest BCUT2D eigenvalue weighted by Gasteiger charge is 2.35. The first-order valence-corrected chi connectivity index (χ1v) is 11.2. The summed E-state index contributed by atoms with van der Waals surface area (Å²) >= 11 is 0. The van der Waals surface area contributed by atoms with Crippen molar-refractivity contribution in [3.63, 3.8) is 0 Å². The number of likely N-dealkylation sites (N-methyl/N-ethyl adjacent to an activating group) is 1. The van der Waals surface area contributed by atoms with E-state index in [4.69, 9.17) is 0 Å². The van der Waals surface area contributed by atoms with Gasteiger partial charge in [-0.25, -0.2) is 14.2 Å². The standard InChI is InChI=1S/C24H26FN5O3/c1-15-11-17(16-3-4-16)13-26-22(15)28-7-9-29(10-8-28)23(32)19-6-5-18(12-20(19)25)30-14-21(31)27(2)24(30)33/h5-6,11-13,16H,3-4,7-10,14H2,1-2H3. The first-order valence-electron chi connectivity index (χ1n) is 11.2. The van der Waals surface area contributed by atoms with Gasteiger partial charge in [-0.2, -0.15) is 0 Å². The number of amides is 4. The van der Waals surface area contributed by atoms with Gasteiger partial charge in [0.1, 0.15) is 18.2 Å². The Morgan fingerprint density at radius 1 is 1.09 bits per heavy atom. The molecular formula is C24H26FN5O3. The molecule has 172 valence electrons. The van der Waals surface area contributed by atoms with E-state index in [9.17, 15) is 18.8 Å². The Kier molecular flexibility index (Phi) is 5.26. The van der Waals surface area contributed by atoms with E-state index in [1.807, 2.05) is 6.20 Å². The predicted octanol–water partition coefficient (Wildman–Crippen LogP) is 2.77. The average Bonchev–Trinajstić information content (AvgIpc) is 3.63. The van der Waals surface area contributed by atoms with Crippen LogP contribution in [0.25, 0.3) is 0 Å². The maximum absolute atomic E-state index is 14.8. The number of anilines is 2. The summed E-state index contributed by atoms with van der Waals surface area (Å²) in [6, 6.07) is 5.74. The molecule has 1 aromatic heterocycles. The second kappa shape index (κ2) is 8.13. The van der Waals surface area contributed by atoms with Crippen molar-refractivity contribution in [3.05, 3.63) is 53.0 Å². The van der Waals surface area contributed by atoms with Gasteiger partial charge < -0.3 is 9.80 Å². The van der Waals surface area contributed by atoms with Crippen molar-refractivity contribution in [1.82, 2.24) is 14.8 Å². The Labute approximate surface area is 191 Å². The summed E-state index contributed by atoms with van der Waals surface area (Å²) in [5.41, 5.74) is 2.66. The number of imide groups is 1. The van der Waals surface area contributed by atoms with Crippen LogP contribution in [-0.4, -0.2) is 72.4 Å². The van der Waals surface area contributed by atoms with Crippen molar-refractivity contribution in [2.75, 3.05) is 49.6 Å². The van der Waals surface area contributed by atoms with Crippen LogP contribution in [0.3, 0.4) is 0 Å². The normalized spacial score (nSPS) is 19.0. The highest BCUT2D eigenvalue weighted by atomic mass is 19.1. The molecule has 0 N–H and O–H groups in total. The number of hydrogen-bond acceptors (Lipinski definition) is 5. The molecule has 8 nitrogen and oxygen atoms in total. The molecular weight excluding hydrogens is 425 g/mol. The minimum Gasteiger partial charge on any atom is -0.353 e. The molecule has 3 aliphatic rings. The fourth-order valence-electron chi connectivity index (χ4n) is 4.50. The molecule has 1 aliphatic carbocycles. The lowest BCUT2D eigenvalue weighted by Gasteiger charge is -2.36. The number of rotatable bonds is 4. The number of pyridine rings is 1. The van der Waals surface area contributed by atoms with E-state index in [1.165, 1.54) is 42.5 Å². The van der Waals surface area contributed by atoms with Crippen LogP contribution in [0.2, 0.25) is 0 Å². The Morgan fingerprint density at radius 2 is 1.82 bits per heavy atom. The summed E-state index contributed by atoms with van der Waals surface area (Å²) in [6.07, 6.45) is 4.44. The van der Waals surface area contributed by atoms with Gasteiger partial charge in [-0.3, -0.25) is 19.4 Å². The number of benzene rings is 1. The van der Waals surface area contributed by atoms with Crippen molar-refractivity contribution < 1.29 is 18.8 Å². The van der Waals surface area contributed by atoms with Crippen molar-refractivity contribution >= 4 is 29.4 Å². The summed E-state index contributed by atoms with van der Waals surface area (Å²) in [5, 5.41) is 0. The molecule has 3 heterocycles. The molecule has 0 unspecified atom stereocenters. The fraction of sp³-hybridized carbons (Fsp3) is 0.417. The first kappa shape index (κ1) is 21.4.